The number of thioether (sulfide) groups is 2. The zero-order valence-electron chi connectivity index (χ0n) is 38.2. The molecule has 0 radical (unpaired) electrons. The number of hydrogen-bond donors (Lipinski definition) is 3. The summed E-state index contributed by atoms with van der Waals surface area (Å²) in [5.41, 5.74) is 10.5. The van der Waals surface area contributed by atoms with Gasteiger partial charge in [0.1, 0.15) is 18.7 Å². The molecule has 0 aromatic heterocycles. The Labute approximate surface area is 413 Å². The third kappa shape index (κ3) is 9.84. The first-order chi connectivity index (χ1) is 33.9. The van der Waals surface area contributed by atoms with Gasteiger partial charge < -0.3 is 20.7 Å². The monoisotopic (exact) mass is 943 g/mol. The van der Waals surface area contributed by atoms with Gasteiger partial charge in [0.15, 0.2) is 0 Å². The van der Waals surface area contributed by atoms with Crippen molar-refractivity contribution >= 4 is 41.4 Å². The minimum absolute atomic E-state index is 0.0708. The molecule has 9 rings (SSSR count). The van der Waals surface area contributed by atoms with E-state index in [1.54, 1.807) is 30.6 Å². The summed E-state index contributed by atoms with van der Waals surface area (Å²) < 4.78 is 4.54. The lowest BCUT2D eigenvalue weighted by Gasteiger charge is -2.37. The van der Waals surface area contributed by atoms with Gasteiger partial charge in [-0.05, 0) is 55.6 Å². The van der Waals surface area contributed by atoms with Gasteiger partial charge in [-0.2, -0.15) is 0 Å². The van der Waals surface area contributed by atoms with Crippen molar-refractivity contribution in [3.05, 3.63) is 275 Å². The van der Waals surface area contributed by atoms with Crippen LogP contribution in [0.2, 0.25) is 0 Å². The smallest absolute Gasteiger partial charge is 0.407 e. The molecule has 1 aliphatic rings. The standard InChI is InChI=1S/C60H53N3O4S2/c1-61-56(64)54(41-68-59(43-24-8-2-9-25-43,44-26-10-3-11-27-44)45-28-12-4-13-29-45)62-57(65)55(63-58(66)67-40-53-51-38-22-20-36-49(51)50-37-21-23-39-52(50)53)42-69-60(46-30-14-5-15-31-46,47-32-16-6-17-33-47)48-34-18-7-19-35-48/h2-39,53-55H,40-42H2,1H3,(H,61,64)(H,62,65)(H,63,66). The third-order valence-electron chi connectivity index (χ3n) is 12.8. The Kier molecular flexibility index (Phi) is 14.7. The second kappa shape index (κ2) is 21.7. The molecule has 2 unspecified atom stereocenters. The fourth-order valence-electron chi connectivity index (χ4n) is 9.55. The molecular formula is C60H53N3O4S2. The van der Waals surface area contributed by atoms with E-state index in [1.807, 2.05) is 133 Å². The molecule has 344 valence electrons. The molecule has 8 aromatic carbocycles. The summed E-state index contributed by atoms with van der Waals surface area (Å²) in [4.78, 5) is 43.5. The maximum atomic E-state index is 15.2. The molecule has 7 nitrogen and oxygen atoms in total. The summed E-state index contributed by atoms with van der Waals surface area (Å²) in [5.74, 6) is -0.751. The summed E-state index contributed by atoms with van der Waals surface area (Å²) in [6, 6.07) is 75.6. The van der Waals surface area contributed by atoms with Crippen molar-refractivity contribution in [2.45, 2.75) is 27.5 Å². The third-order valence-corrected chi connectivity index (χ3v) is 16.1. The number of rotatable bonds is 18. The van der Waals surface area contributed by atoms with E-state index in [1.165, 1.54) is 0 Å². The van der Waals surface area contributed by atoms with E-state index < -0.39 is 33.6 Å². The molecular weight excluding hydrogens is 891 g/mol. The van der Waals surface area contributed by atoms with Gasteiger partial charge in [0.05, 0.1) is 9.49 Å². The number of amides is 3. The lowest BCUT2D eigenvalue weighted by molar-refractivity contribution is -0.128. The summed E-state index contributed by atoms with van der Waals surface area (Å²) in [5, 5.41) is 8.93. The van der Waals surface area contributed by atoms with Gasteiger partial charge in [-0.1, -0.05) is 231 Å². The highest BCUT2D eigenvalue weighted by Gasteiger charge is 2.41. The van der Waals surface area contributed by atoms with Gasteiger partial charge in [-0.15, -0.1) is 23.5 Å². The van der Waals surface area contributed by atoms with Crippen LogP contribution in [0.1, 0.15) is 50.4 Å². The predicted octanol–water partition coefficient (Wildman–Crippen LogP) is 11.6. The molecule has 2 atom stereocenters. The van der Waals surface area contributed by atoms with Crippen LogP contribution in [0.4, 0.5) is 4.79 Å². The van der Waals surface area contributed by atoms with Gasteiger partial charge >= 0.3 is 6.09 Å². The Bertz CT molecular complexity index is 2720. The molecule has 0 aliphatic heterocycles. The lowest BCUT2D eigenvalue weighted by atomic mass is 9.84. The molecule has 1 aliphatic carbocycles. The van der Waals surface area contributed by atoms with Crippen LogP contribution >= 0.6 is 23.5 Å². The number of benzene rings is 8. The van der Waals surface area contributed by atoms with E-state index in [0.717, 1.165) is 55.6 Å². The number of fused-ring (bicyclic) bond motifs is 3. The second-order valence-corrected chi connectivity index (χ2v) is 19.3. The van der Waals surface area contributed by atoms with Crippen molar-refractivity contribution in [1.29, 1.82) is 0 Å². The molecule has 0 bridgehead atoms. The Hall–Kier alpha value is -7.33. The summed E-state index contributed by atoms with van der Waals surface area (Å²) >= 11 is 3.12. The maximum Gasteiger partial charge on any atom is 0.407 e. The molecule has 0 spiro atoms. The topological polar surface area (TPSA) is 96.5 Å². The van der Waals surface area contributed by atoms with Crippen molar-refractivity contribution in [1.82, 2.24) is 16.0 Å². The highest BCUT2D eigenvalue weighted by atomic mass is 32.2. The molecule has 9 heteroatoms. The summed E-state index contributed by atoms with van der Waals surface area (Å²) in [6.07, 6.45) is -0.732. The van der Waals surface area contributed by atoms with Crippen LogP contribution in [0.3, 0.4) is 0 Å². The Morgan fingerprint density at radius 2 is 0.739 bits per heavy atom. The average molecular weight is 944 g/mol. The van der Waals surface area contributed by atoms with E-state index in [-0.39, 0.29) is 29.9 Å². The van der Waals surface area contributed by atoms with E-state index >= 15 is 4.79 Å². The van der Waals surface area contributed by atoms with Crippen LogP contribution in [0.5, 0.6) is 0 Å². The van der Waals surface area contributed by atoms with Gasteiger partial charge in [0.25, 0.3) is 0 Å². The van der Waals surface area contributed by atoms with Crippen molar-refractivity contribution in [3.8, 4) is 11.1 Å². The van der Waals surface area contributed by atoms with Crippen LogP contribution in [0.25, 0.3) is 11.1 Å². The molecule has 69 heavy (non-hydrogen) atoms. The summed E-state index contributed by atoms with van der Waals surface area (Å²) in [7, 11) is 1.57. The van der Waals surface area contributed by atoms with Crippen LogP contribution in [-0.2, 0) is 23.8 Å². The van der Waals surface area contributed by atoms with Crippen molar-refractivity contribution in [2.24, 2.45) is 0 Å². The number of likely N-dealkylation sites (N-methyl/N-ethyl adjacent to an activating group) is 1. The molecule has 0 fully saturated rings. The lowest BCUT2D eigenvalue weighted by Crippen LogP contribution is -2.55. The maximum absolute atomic E-state index is 15.2. The SMILES string of the molecule is CNC(=O)C(CSC(c1ccccc1)(c1ccccc1)c1ccccc1)NC(=O)C(CSC(c1ccccc1)(c1ccccc1)c1ccccc1)NC(=O)OCC1c2ccccc2-c2ccccc21. The van der Waals surface area contributed by atoms with Crippen LogP contribution in [0, 0.1) is 0 Å². The minimum atomic E-state index is -1.14. The Morgan fingerprint density at radius 1 is 0.435 bits per heavy atom. The van der Waals surface area contributed by atoms with Gasteiger partial charge in [-0.25, -0.2) is 4.79 Å². The van der Waals surface area contributed by atoms with Crippen molar-refractivity contribution < 1.29 is 19.1 Å². The van der Waals surface area contributed by atoms with Gasteiger partial charge in [-0.3, -0.25) is 9.59 Å². The van der Waals surface area contributed by atoms with E-state index in [2.05, 4.69) is 113 Å². The largest absolute Gasteiger partial charge is 0.449 e. The van der Waals surface area contributed by atoms with E-state index in [9.17, 15) is 9.59 Å². The fourth-order valence-corrected chi connectivity index (χ4v) is 12.7. The Morgan fingerprint density at radius 3 is 1.07 bits per heavy atom. The molecule has 3 N–H and O–H groups in total. The molecule has 0 saturated carbocycles. The first-order valence-electron chi connectivity index (χ1n) is 23.2. The van der Waals surface area contributed by atoms with Gasteiger partial charge in [0.2, 0.25) is 11.8 Å². The van der Waals surface area contributed by atoms with E-state index in [4.69, 9.17) is 4.74 Å². The molecule has 3 amide bonds. The molecule has 8 aromatic rings. The number of carbonyl (C=O) groups excluding carboxylic acids is 3. The average Bonchev–Trinajstić information content (AvgIpc) is 3.74. The number of ether oxygens (including phenoxy) is 1. The first kappa shape index (κ1) is 46.8. The van der Waals surface area contributed by atoms with Gasteiger partial charge in [0, 0.05) is 24.5 Å². The zero-order valence-corrected chi connectivity index (χ0v) is 39.9. The fraction of sp³-hybridized carbons (Fsp3) is 0.150. The zero-order chi connectivity index (χ0) is 47.5. The number of nitrogens with one attached hydrogen (secondary N) is 3. The Balaban J connectivity index is 1.06. The number of hydrogen-bond acceptors (Lipinski definition) is 6. The minimum Gasteiger partial charge on any atom is -0.449 e. The van der Waals surface area contributed by atoms with Crippen molar-refractivity contribution in [3.63, 3.8) is 0 Å². The first-order valence-corrected chi connectivity index (χ1v) is 25.1. The van der Waals surface area contributed by atoms with Crippen LogP contribution in [-0.4, -0.2) is 55.2 Å². The quantitative estimate of drug-likeness (QED) is 0.0742. The van der Waals surface area contributed by atoms with Crippen LogP contribution < -0.4 is 16.0 Å². The van der Waals surface area contributed by atoms with E-state index in [0.29, 0.717) is 0 Å². The predicted molar refractivity (Wildman–Crippen MR) is 281 cm³/mol. The second-order valence-electron chi connectivity index (χ2n) is 16.9. The van der Waals surface area contributed by atoms with Crippen LogP contribution in [0.15, 0.2) is 231 Å². The number of carbonyl (C=O) groups is 3. The molecule has 0 saturated heterocycles. The molecule has 0 heterocycles. The summed E-state index contributed by atoms with van der Waals surface area (Å²) in [6.45, 7) is 0.0708. The van der Waals surface area contributed by atoms with Crippen molar-refractivity contribution in [2.75, 3.05) is 25.2 Å². The highest BCUT2D eigenvalue weighted by molar-refractivity contribution is 8.01. The highest BCUT2D eigenvalue weighted by Crippen LogP contribution is 2.50. The number of alkyl carbamates (subject to hydrolysis) is 1. The normalized spacial score (nSPS) is 13.0.